The monoisotopic (exact) mass is 248 g/mol. The largest absolute Gasteiger partial charge is 0.382 e. The van der Waals surface area contributed by atoms with Crippen LogP contribution in [0.2, 0.25) is 0 Å². The number of hydrogen-bond donors (Lipinski definition) is 1. The van der Waals surface area contributed by atoms with Gasteiger partial charge in [0.1, 0.15) is 0 Å². The second kappa shape index (κ2) is 4.92. The first-order valence-corrected chi connectivity index (χ1v) is 6.35. The topological polar surface area (TPSA) is 72.1 Å². The van der Waals surface area contributed by atoms with Gasteiger partial charge in [-0.25, -0.2) is 9.97 Å². The number of carbonyl (C=O) groups is 1. The van der Waals surface area contributed by atoms with Gasteiger partial charge < -0.3 is 10.6 Å². The van der Waals surface area contributed by atoms with Gasteiger partial charge in [0.2, 0.25) is 0 Å². The number of carbonyl (C=O) groups excluding carboxylic acids is 1. The molecule has 98 valence electrons. The summed E-state index contributed by atoms with van der Waals surface area (Å²) in [5, 5.41) is 0. The van der Waals surface area contributed by atoms with Crippen LogP contribution < -0.4 is 5.73 Å². The summed E-state index contributed by atoms with van der Waals surface area (Å²) in [5.41, 5.74) is 6.28. The molecule has 0 aromatic carbocycles. The van der Waals surface area contributed by atoms with E-state index in [0.717, 1.165) is 32.4 Å². The average Bonchev–Trinajstić information content (AvgIpc) is 2.50. The lowest BCUT2D eigenvalue weighted by molar-refractivity contribution is 0.0752. The van der Waals surface area contributed by atoms with E-state index in [4.69, 9.17) is 5.73 Å². The maximum atomic E-state index is 12.3. The normalized spacial score (nSPS) is 19.3. The number of hydrogen-bond acceptors (Lipinski definition) is 4. The Morgan fingerprint density at radius 2 is 2.00 bits per heavy atom. The van der Waals surface area contributed by atoms with Gasteiger partial charge in [0.25, 0.3) is 5.91 Å². The highest BCUT2D eigenvalue weighted by Crippen LogP contribution is 2.30. The van der Waals surface area contributed by atoms with Crippen LogP contribution in [-0.2, 0) is 0 Å². The van der Waals surface area contributed by atoms with E-state index in [1.807, 2.05) is 4.90 Å². The van der Waals surface area contributed by atoms with Gasteiger partial charge in [-0.3, -0.25) is 4.79 Å². The van der Waals surface area contributed by atoms with Crippen LogP contribution in [-0.4, -0.2) is 33.9 Å². The second-order valence-corrected chi connectivity index (χ2v) is 5.60. The Bertz CT molecular complexity index is 444. The zero-order chi connectivity index (χ0) is 13.2. The summed E-state index contributed by atoms with van der Waals surface area (Å²) in [7, 11) is 0. The molecule has 0 atom stereocenters. The lowest BCUT2D eigenvalue weighted by Gasteiger charge is -2.23. The molecule has 0 bridgehead atoms. The summed E-state index contributed by atoms with van der Waals surface area (Å²) in [4.78, 5) is 22.1. The Morgan fingerprint density at radius 1 is 1.28 bits per heavy atom. The van der Waals surface area contributed by atoms with Crippen molar-refractivity contribution in [2.75, 3.05) is 18.8 Å². The molecule has 1 fully saturated rings. The van der Waals surface area contributed by atoms with Gasteiger partial charge in [0.05, 0.1) is 0 Å². The summed E-state index contributed by atoms with van der Waals surface area (Å²) >= 11 is 0. The third-order valence-corrected chi connectivity index (χ3v) is 3.56. The van der Waals surface area contributed by atoms with Crippen molar-refractivity contribution in [1.82, 2.24) is 14.9 Å². The number of rotatable bonds is 1. The van der Waals surface area contributed by atoms with E-state index in [-0.39, 0.29) is 17.4 Å². The molecule has 0 aliphatic carbocycles. The van der Waals surface area contributed by atoms with Crippen LogP contribution >= 0.6 is 0 Å². The van der Waals surface area contributed by atoms with Crippen molar-refractivity contribution in [2.45, 2.75) is 33.1 Å². The molecule has 18 heavy (non-hydrogen) atoms. The standard InChI is InChI=1S/C13H20N4O/c1-13(2)4-3-8-17(9-5-13)12(18)10-11(14)16-7-6-15-10/h6-7H,3-5,8-9H2,1-2H3,(H2,14,16). The minimum Gasteiger partial charge on any atom is -0.382 e. The highest BCUT2D eigenvalue weighted by molar-refractivity contribution is 5.96. The molecule has 5 nitrogen and oxygen atoms in total. The van der Waals surface area contributed by atoms with E-state index < -0.39 is 0 Å². The average molecular weight is 248 g/mol. The van der Waals surface area contributed by atoms with Crippen molar-refractivity contribution < 1.29 is 4.79 Å². The number of nitrogen functional groups attached to an aromatic ring is 1. The molecule has 2 heterocycles. The third kappa shape index (κ3) is 2.78. The molecular formula is C13H20N4O. The van der Waals surface area contributed by atoms with Gasteiger partial charge in [-0.15, -0.1) is 0 Å². The minimum absolute atomic E-state index is 0.0988. The molecule has 0 spiro atoms. The molecule has 0 saturated carbocycles. The Balaban J connectivity index is 2.13. The Kier molecular flexibility index (Phi) is 3.50. The fourth-order valence-corrected chi connectivity index (χ4v) is 2.29. The number of aromatic nitrogens is 2. The molecule has 1 aromatic rings. The fourth-order valence-electron chi connectivity index (χ4n) is 2.29. The van der Waals surface area contributed by atoms with Crippen molar-refractivity contribution in [3.63, 3.8) is 0 Å². The summed E-state index contributed by atoms with van der Waals surface area (Å²) in [6.07, 6.45) is 6.19. The highest BCUT2D eigenvalue weighted by Gasteiger charge is 2.27. The second-order valence-electron chi connectivity index (χ2n) is 5.60. The SMILES string of the molecule is CC1(C)CCCN(C(=O)c2nccnc2N)CC1. The molecule has 0 unspecified atom stereocenters. The van der Waals surface area contributed by atoms with Crippen LogP contribution in [0.4, 0.5) is 5.82 Å². The summed E-state index contributed by atoms with van der Waals surface area (Å²) in [5.74, 6) is 0.115. The minimum atomic E-state index is -0.0988. The van der Waals surface area contributed by atoms with E-state index in [1.165, 1.54) is 12.4 Å². The molecule has 2 rings (SSSR count). The van der Waals surface area contributed by atoms with E-state index in [0.29, 0.717) is 5.41 Å². The molecule has 5 heteroatoms. The zero-order valence-electron chi connectivity index (χ0n) is 11.0. The highest BCUT2D eigenvalue weighted by atomic mass is 16.2. The molecule has 1 saturated heterocycles. The van der Waals surface area contributed by atoms with Crippen molar-refractivity contribution in [3.05, 3.63) is 18.1 Å². The first-order valence-electron chi connectivity index (χ1n) is 6.35. The Morgan fingerprint density at radius 3 is 2.72 bits per heavy atom. The third-order valence-electron chi connectivity index (χ3n) is 3.56. The maximum Gasteiger partial charge on any atom is 0.276 e. The van der Waals surface area contributed by atoms with Crippen LogP contribution in [0.25, 0.3) is 0 Å². The van der Waals surface area contributed by atoms with E-state index in [2.05, 4.69) is 23.8 Å². The van der Waals surface area contributed by atoms with Crippen LogP contribution in [0.1, 0.15) is 43.6 Å². The maximum absolute atomic E-state index is 12.3. The smallest absolute Gasteiger partial charge is 0.276 e. The summed E-state index contributed by atoms with van der Waals surface area (Å²) < 4.78 is 0. The number of amides is 1. The predicted octanol–water partition coefficient (Wildman–Crippen LogP) is 1.71. The van der Waals surface area contributed by atoms with Crippen molar-refractivity contribution in [2.24, 2.45) is 5.41 Å². The van der Waals surface area contributed by atoms with E-state index >= 15 is 0 Å². The van der Waals surface area contributed by atoms with Gasteiger partial charge in [0.15, 0.2) is 11.5 Å². The van der Waals surface area contributed by atoms with Crippen LogP contribution in [0, 0.1) is 5.41 Å². The van der Waals surface area contributed by atoms with Crippen molar-refractivity contribution >= 4 is 11.7 Å². The van der Waals surface area contributed by atoms with Gasteiger partial charge in [-0.05, 0) is 24.7 Å². The molecule has 1 aromatic heterocycles. The van der Waals surface area contributed by atoms with E-state index in [9.17, 15) is 4.79 Å². The Hall–Kier alpha value is -1.65. The van der Waals surface area contributed by atoms with Crippen LogP contribution in [0.15, 0.2) is 12.4 Å². The number of likely N-dealkylation sites (tertiary alicyclic amines) is 1. The molecule has 1 aliphatic heterocycles. The Labute approximate surface area is 107 Å². The molecule has 1 amide bonds. The van der Waals surface area contributed by atoms with E-state index in [1.54, 1.807) is 0 Å². The lowest BCUT2D eigenvalue weighted by Crippen LogP contribution is -2.33. The van der Waals surface area contributed by atoms with Gasteiger partial charge >= 0.3 is 0 Å². The van der Waals surface area contributed by atoms with Crippen LogP contribution in [0.3, 0.4) is 0 Å². The number of anilines is 1. The lowest BCUT2D eigenvalue weighted by atomic mass is 9.85. The van der Waals surface area contributed by atoms with Crippen molar-refractivity contribution in [3.8, 4) is 0 Å². The first kappa shape index (κ1) is 12.8. The molecule has 2 N–H and O–H groups in total. The molecule has 1 aliphatic rings. The zero-order valence-corrected chi connectivity index (χ0v) is 11.0. The van der Waals surface area contributed by atoms with Crippen LogP contribution in [0.5, 0.6) is 0 Å². The molecular weight excluding hydrogens is 228 g/mol. The molecule has 0 radical (unpaired) electrons. The fraction of sp³-hybridized carbons (Fsp3) is 0.615. The number of nitrogens with two attached hydrogens (primary N) is 1. The van der Waals surface area contributed by atoms with Crippen molar-refractivity contribution in [1.29, 1.82) is 0 Å². The quantitative estimate of drug-likeness (QED) is 0.821. The summed E-state index contributed by atoms with van der Waals surface area (Å²) in [6, 6.07) is 0. The number of nitrogens with zero attached hydrogens (tertiary/aromatic N) is 3. The van der Waals surface area contributed by atoms with Gasteiger partial charge in [0, 0.05) is 25.5 Å². The van der Waals surface area contributed by atoms with Gasteiger partial charge in [-0.1, -0.05) is 13.8 Å². The summed E-state index contributed by atoms with van der Waals surface area (Å²) in [6.45, 7) is 6.04. The first-order chi connectivity index (χ1) is 8.49. The predicted molar refractivity (Wildman–Crippen MR) is 70.0 cm³/mol. The van der Waals surface area contributed by atoms with Gasteiger partial charge in [-0.2, -0.15) is 0 Å².